The molecule has 402 valence electrons. The minimum absolute atomic E-state index is 0.0227. The number of nitrogens with one attached hydrogen (secondary N) is 3. The van der Waals surface area contributed by atoms with E-state index < -0.39 is 125 Å². The van der Waals surface area contributed by atoms with Crippen molar-refractivity contribution in [1.29, 1.82) is 0 Å². The number of allylic oxidation sites excluding steroid dienone is 3. The predicted octanol–water partition coefficient (Wildman–Crippen LogP) is -2.54. The van der Waals surface area contributed by atoms with Crippen LogP contribution in [0, 0.1) is 17.8 Å². The highest BCUT2D eigenvalue weighted by Gasteiger charge is 2.68. The summed E-state index contributed by atoms with van der Waals surface area (Å²) in [6.45, 7) is -1.40. The number of aliphatic imine (C=N–C) groups is 1. The number of imide groups is 1. The number of carbonyl (C=O) groups excluding carboxylic acids is 4. The third-order valence-corrected chi connectivity index (χ3v) is 15.8. The number of aliphatic hydroxyl groups is 8. The summed E-state index contributed by atoms with van der Waals surface area (Å²) in [4.78, 5) is 61.5. The number of ether oxygens (including phenoxy) is 3. The summed E-state index contributed by atoms with van der Waals surface area (Å²) in [5.74, 6) is -10.4. The van der Waals surface area contributed by atoms with Gasteiger partial charge in [0, 0.05) is 79.3 Å². The molecule has 24 heteroatoms. The van der Waals surface area contributed by atoms with Gasteiger partial charge in [0.2, 0.25) is 18.4 Å². The molecule has 11 atom stereocenters. The quantitative estimate of drug-likeness (QED) is 0.0342. The molecule has 2 aromatic carbocycles. The van der Waals surface area contributed by atoms with Crippen molar-refractivity contribution in [3.8, 4) is 17.2 Å². The van der Waals surface area contributed by atoms with E-state index in [9.17, 15) is 55.5 Å². The van der Waals surface area contributed by atoms with E-state index in [0.717, 1.165) is 28.7 Å². The standard InChI is InChI=1S/C51H62N8O16/c1-55-49(54)58-28-7-6-25-35(23-4-8-31(52)57-18-23)21(12-14-60)3-5-26-36(25)39(28)43(65)41-37(26)42(64)38-27(20-61)29(73-2)16-30(40(38)44(41)66)74-47-45(67)46(68)50(71,51(72,75-47)48(69)70)17-24(22-11-13-56-32(53)15-22)19-59-33(62)9-10-34(59)63/h4,8-11,15-16,18,21,24-25,28,31,35,45-48,56-57,60-61,65,67-72H,3,5-7,12-14,17,19-20,52-53H2,1-2H3,(H3,54,55,58)/t21-,24-,25-,28+,31?,35+,45-,46-,47-,50+,51-/m1/s1. The molecule has 0 saturated carbocycles. The third kappa shape index (κ3) is 8.82. The van der Waals surface area contributed by atoms with Gasteiger partial charge in [-0.3, -0.25) is 29.1 Å². The van der Waals surface area contributed by atoms with Crippen molar-refractivity contribution < 1.29 is 79.3 Å². The summed E-state index contributed by atoms with van der Waals surface area (Å²) >= 11 is 0. The fourth-order valence-corrected chi connectivity index (χ4v) is 12.2. The minimum Gasteiger partial charge on any atom is -0.507 e. The van der Waals surface area contributed by atoms with Crippen molar-refractivity contribution in [2.45, 2.75) is 99.4 Å². The Morgan fingerprint density at radius 2 is 1.72 bits per heavy atom. The van der Waals surface area contributed by atoms with Crippen LogP contribution in [0.5, 0.6) is 17.2 Å². The Morgan fingerprint density at radius 1 is 1.00 bits per heavy atom. The number of hydrogen-bond acceptors (Lipinski definition) is 21. The van der Waals surface area contributed by atoms with Crippen molar-refractivity contribution in [2.24, 2.45) is 39.9 Å². The number of carbonyl (C=O) groups is 4. The molecule has 0 bridgehead atoms. The van der Waals surface area contributed by atoms with E-state index in [1.54, 1.807) is 6.08 Å². The first kappa shape index (κ1) is 53.1. The number of hydrogen-bond donors (Lipinski definition) is 15. The number of aliphatic hydroxyl groups excluding tert-OH is 5. The number of phenols is 1. The summed E-state index contributed by atoms with van der Waals surface area (Å²) in [6, 6.07) is 0.303. The number of methoxy groups -OCH3 is 1. The lowest BCUT2D eigenvalue weighted by molar-refractivity contribution is -0.456. The highest BCUT2D eigenvalue weighted by atomic mass is 16.8. The number of ketones is 2. The number of rotatable bonds is 14. The van der Waals surface area contributed by atoms with Gasteiger partial charge in [0.15, 0.2) is 17.3 Å². The van der Waals surface area contributed by atoms with Crippen LogP contribution in [0.3, 0.4) is 0 Å². The molecule has 2 amide bonds. The number of nitrogens with two attached hydrogens (primary N) is 3. The van der Waals surface area contributed by atoms with E-state index in [1.165, 1.54) is 20.2 Å². The Bertz CT molecular complexity index is 2880. The lowest BCUT2D eigenvalue weighted by atomic mass is 9.65. The van der Waals surface area contributed by atoms with Crippen molar-refractivity contribution in [1.82, 2.24) is 20.9 Å². The molecule has 75 heavy (non-hydrogen) atoms. The maximum absolute atomic E-state index is 15.6. The summed E-state index contributed by atoms with van der Waals surface area (Å²) in [5.41, 5.74) is 15.8. The van der Waals surface area contributed by atoms with Gasteiger partial charge in [0.1, 0.15) is 29.5 Å². The second-order valence-electron chi connectivity index (χ2n) is 19.8. The zero-order valence-electron chi connectivity index (χ0n) is 41.0. The number of nitrogens with zero attached hydrogens (tertiary/aromatic N) is 2. The minimum atomic E-state index is -3.69. The Hall–Kier alpha value is -6.71. The SMILES string of the molecule is CN=C(N)N[C@H]1CC[C@H]2c3c(c4c(c(O)c31)C(=O)c1c(O[C@@H]3O[C@](O)(C(O)O)[C@](O)(C[C@H](CN5C(=O)C=CC5=O)C5=CCNC(N)=C5)[C@H](O)[C@H]3O)cc(OC)c(CO)c1C4=O)CC[C@H](CCO)[C@H]2C1=CNC(N)C=C1. The van der Waals surface area contributed by atoms with Crippen LogP contribution < -0.4 is 42.6 Å². The van der Waals surface area contributed by atoms with Crippen LogP contribution in [-0.2, 0) is 27.4 Å². The summed E-state index contributed by atoms with van der Waals surface area (Å²) in [6.07, 6.45) is 0.411. The van der Waals surface area contributed by atoms with E-state index in [0.29, 0.717) is 36.8 Å². The van der Waals surface area contributed by atoms with Crippen LogP contribution in [0.2, 0.25) is 0 Å². The molecule has 24 nitrogen and oxygen atoms in total. The molecule has 1 saturated heterocycles. The maximum Gasteiger partial charge on any atom is 0.253 e. The molecule has 0 spiro atoms. The molecule has 3 aliphatic carbocycles. The van der Waals surface area contributed by atoms with Crippen LogP contribution in [0.1, 0.15) is 98.2 Å². The first-order chi connectivity index (χ1) is 35.7. The van der Waals surface area contributed by atoms with Crippen LogP contribution in [-0.4, -0.2) is 156 Å². The zero-order chi connectivity index (χ0) is 54.0. The fraction of sp³-hybridized carbons (Fsp3) is 0.471. The van der Waals surface area contributed by atoms with E-state index in [1.807, 2.05) is 18.4 Å². The molecule has 7 aliphatic rings. The summed E-state index contributed by atoms with van der Waals surface area (Å²) in [5, 5.41) is 113. The van der Waals surface area contributed by atoms with Gasteiger partial charge in [0.25, 0.3) is 17.6 Å². The average Bonchev–Trinajstić information content (AvgIpc) is 3.62. The zero-order valence-corrected chi connectivity index (χ0v) is 41.0. The van der Waals surface area contributed by atoms with Crippen molar-refractivity contribution in [3.05, 3.63) is 110 Å². The highest BCUT2D eigenvalue weighted by Crippen LogP contribution is 2.57. The van der Waals surface area contributed by atoms with Gasteiger partial charge in [-0.2, -0.15) is 0 Å². The van der Waals surface area contributed by atoms with Crippen LogP contribution in [0.25, 0.3) is 0 Å². The molecule has 0 radical (unpaired) electrons. The molecule has 9 rings (SSSR count). The Morgan fingerprint density at radius 3 is 2.35 bits per heavy atom. The number of amides is 2. The lowest BCUT2D eigenvalue weighted by Crippen LogP contribution is -2.77. The lowest BCUT2D eigenvalue weighted by Gasteiger charge is -2.54. The summed E-state index contributed by atoms with van der Waals surface area (Å²) < 4.78 is 17.4. The van der Waals surface area contributed by atoms with Gasteiger partial charge < -0.3 is 93.3 Å². The largest absolute Gasteiger partial charge is 0.507 e. The molecule has 4 aliphatic heterocycles. The number of phenolic OH excluding ortho intramolecular Hbond substituents is 1. The Balaban J connectivity index is 1.16. The molecule has 0 aromatic heterocycles. The van der Waals surface area contributed by atoms with E-state index >= 15 is 9.59 Å². The van der Waals surface area contributed by atoms with Crippen LogP contribution in [0.15, 0.2) is 70.7 Å². The number of benzene rings is 2. The number of aromatic hydroxyl groups is 1. The van der Waals surface area contributed by atoms with E-state index in [4.69, 9.17) is 31.4 Å². The highest BCUT2D eigenvalue weighted by molar-refractivity contribution is 6.31. The average molecular weight is 1040 g/mol. The van der Waals surface area contributed by atoms with Crippen molar-refractivity contribution in [2.75, 3.05) is 33.9 Å². The first-order valence-corrected chi connectivity index (χ1v) is 24.5. The first-order valence-electron chi connectivity index (χ1n) is 24.5. The van der Waals surface area contributed by atoms with Gasteiger partial charge in [-0.05, 0) is 90.7 Å². The van der Waals surface area contributed by atoms with Crippen LogP contribution >= 0.6 is 0 Å². The second-order valence-corrected chi connectivity index (χ2v) is 19.8. The number of dihydropyridines is 2. The van der Waals surface area contributed by atoms with E-state index in [-0.39, 0.29) is 77.1 Å². The normalized spacial score (nSPS) is 30.6. The maximum atomic E-state index is 15.6. The smallest absolute Gasteiger partial charge is 0.253 e. The molecular formula is C51H62N8O16. The number of guanidine groups is 1. The predicted molar refractivity (Wildman–Crippen MR) is 263 cm³/mol. The van der Waals surface area contributed by atoms with Crippen molar-refractivity contribution in [3.63, 3.8) is 0 Å². The van der Waals surface area contributed by atoms with Gasteiger partial charge in [-0.25, -0.2) is 0 Å². The molecule has 1 fully saturated rings. The summed E-state index contributed by atoms with van der Waals surface area (Å²) in [7, 11) is 2.66. The van der Waals surface area contributed by atoms with Gasteiger partial charge in [0.05, 0.1) is 42.9 Å². The Labute approximate surface area is 429 Å². The van der Waals surface area contributed by atoms with E-state index in [2.05, 4.69) is 20.9 Å². The molecular weight excluding hydrogens is 981 g/mol. The number of fused-ring (bicyclic) bond motifs is 3. The second kappa shape index (κ2) is 20.4. The molecule has 18 N–H and O–H groups in total. The third-order valence-electron chi connectivity index (χ3n) is 15.8. The fourth-order valence-electron chi connectivity index (χ4n) is 12.2. The van der Waals surface area contributed by atoms with Crippen molar-refractivity contribution >= 4 is 29.3 Å². The topological polar surface area (TPSA) is 408 Å². The molecule has 2 aromatic rings. The monoisotopic (exact) mass is 1040 g/mol. The molecule has 1 unspecified atom stereocenters. The van der Waals surface area contributed by atoms with Gasteiger partial charge >= 0.3 is 0 Å². The van der Waals surface area contributed by atoms with Gasteiger partial charge in [-0.1, -0.05) is 12.2 Å². The molecule has 4 heterocycles. The van der Waals surface area contributed by atoms with Crippen LogP contribution in [0.4, 0.5) is 0 Å². The Kier molecular flexibility index (Phi) is 14.5. The van der Waals surface area contributed by atoms with Gasteiger partial charge in [-0.15, -0.1) is 0 Å².